The molecule has 0 aliphatic rings. The van der Waals surface area contributed by atoms with E-state index in [1.54, 1.807) is 13.8 Å². The summed E-state index contributed by atoms with van der Waals surface area (Å²) in [5.74, 6) is 0. The van der Waals surface area contributed by atoms with Crippen LogP contribution in [0.2, 0.25) is 0 Å². The number of hydrogen-bond acceptors (Lipinski definition) is 3. The Kier molecular flexibility index (Phi) is 2.83. The first kappa shape index (κ1) is 9.88. The van der Waals surface area contributed by atoms with Gasteiger partial charge in [-0.05, 0) is 20.3 Å². The van der Waals surface area contributed by atoms with Gasteiger partial charge in [-0.3, -0.25) is 0 Å². The van der Waals surface area contributed by atoms with Crippen molar-refractivity contribution in [2.24, 2.45) is 11.5 Å². The van der Waals surface area contributed by atoms with E-state index in [2.05, 4.69) is 0 Å². The maximum atomic E-state index is 9.43. The van der Waals surface area contributed by atoms with Crippen LogP contribution in [0.4, 0.5) is 0 Å². The van der Waals surface area contributed by atoms with Crippen molar-refractivity contribution in [3.63, 3.8) is 0 Å². The molecule has 0 bridgehead atoms. The molecule has 0 aromatic rings. The second kappa shape index (κ2) is 2.86. The van der Waals surface area contributed by atoms with Crippen LogP contribution in [0.5, 0.6) is 0 Å². The zero-order chi connectivity index (χ0) is 8.41. The molecule has 0 radical (unpaired) electrons. The fourth-order valence-corrected chi connectivity index (χ4v) is 0.720. The summed E-state index contributed by atoms with van der Waals surface area (Å²) in [4.78, 5) is 0. The third-order valence-corrected chi connectivity index (χ3v) is 1.80. The molecule has 0 unspecified atom stereocenters. The van der Waals surface area contributed by atoms with Crippen LogP contribution in [-0.4, -0.2) is 16.4 Å². The molecule has 3 nitrogen and oxygen atoms in total. The van der Waals surface area contributed by atoms with E-state index in [0.717, 1.165) is 6.42 Å². The van der Waals surface area contributed by atoms with Gasteiger partial charge in [-0.25, -0.2) is 0 Å². The molecular weight excluding hydrogens is 128 g/mol. The van der Waals surface area contributed by atoms with Gasteiger partial charge in [0.25, 0.3) is 0 Å². The standard InChI is InChI=1S/C7H18N2O/c1-4-5-7(8,9)6(2,3)10/h10H,4-5,8-9H2,1-3H3. The number of aliphatic hydroxyl groups is 1. The zero-order valence-electron chi connectivity index (χ0n) is 7.02. The lowest BCUT2D eigenvalue weighted by atomic mass is 9.89. The van der Waals surface area contributed by atoms with Gasteiger partial charge >= 0.3 is 0 Å². The molecule has 0 aliphatic carbocycles. The molecule has 3 heteroatoms. The van der Waals surface area contributed by atoms with Crippen LogP contribution in [0.1, 0.15) is 33.6 Å². The molecular formula is C7H18N2O. The minimum absolute atomic E-state index is 0.635. The Morgan fingerprint density at radius 1 is 1.30 bits per heavy atom. The molecule has 0 amide bonds. The summed E-state index contributed by atoms with van der Waals surface area (Å²) in [6.07, 6.45) is 1.52. The molecule has 0 aromatic heterocycles. The smallest absolute Gasteiger partial charge is 0.0926 e. The second-order valence-electron chi connectivity index (χ2n) is 3.35. The van der Waals surface area contributed by atoms with Crippen LogP contribution in [0.3, 0.4) is 0 Å². The van der Waals surface area contributed by atoms with Crippen molar-refractivity contribution in [2.45, 2.75) is 44.9 Å². The Bertz CT molecular complexity index is 105. The van der Waals surface area contributed by atoms with Crippen molar-refractivity contribution in [2.75, 3.05) is 0 Å². The van der Waals surface area contributed by atoms with Crippen molar-refractivity contribution < 1.29 is 5.11 Å². The summed E-state index contributed by atoms with van der Waals surface area (Å²) < 4.78 is 0. The van der Waals surface area contributed by atoms with Crippen LogP contribution in [0.15, 0.2) is 0 Å². The van der Waals surface area contributed by atoms with E-state index in [1.807, 2.05) is 6.92 Å². The highest BCUT2D eigenvalue weighted by Gasteiger charge is 2.35. The Labute approximate surface area is 62.4 Å². The van der Waals surface area contributed by atoms with Crippen LogP contribution < -0.4 is 11.5 Å². The normalized spacial score (nSPS) is 13.8. The predicted octanol–water partition coefficient (Wildman–Crippen LogP) is 0.171. The lowest BCUT2D eigenvalue weighted by Crippen LogP contribution is -2.64. The van der Waals surface area contributed by atoms with E-state index < -0.39 is 11.3 Å². The van der Waals surface area contributed by atoms with Gasteiger partial charge < -0.3 is 16.6 Å². The highest BCUT2D eigenvalue weighted by Crippen LogP contribution is 2.17. The summed E-state index contributed by atoms with van der Waals surface area (Å²) >= 11 is 0. The first-order valence-corrected chi connectivity index (χ1v) is 3.61. The van der Waals surface area contributed by atoms with E-state index in [-0.39, 0.29) is 0 Å². The van der Waals surface area contributed by atoms with E-state index >= 15 is 0 Å². The van der Waals surface area contributed by atoms with Crippen molar-refractivity contribution in [1.29, 1.82) is 0 Å². The highest BCUT2D eigenvalue weighted by molar-refractivity contribution is 4.92. The maximum Gasteiger partial charge on any atom is 0.0926 e. The number of hydrogen-bond donors (Lipinski definition) is 3. The number of rotatable bonds is 3. The average Bonchev–Trinajstić information content (AvgIpc) is 1.61. The van der Waals surface area contributed by atoms with Crippen molar-refractivity contribution in [3.8, 4) is 0 Å². The van der Waals surface area contributed by atoms with Crippen LogP contribution in [0.25, 0.3) is 0 Å². The topological polar surface area (TPSA) is 72.3 Å². The Morgan fingerprint density at radius 3 is 1.80 bits per heavy atom. The Hall–Kier alpha value is -0.120. The molecule has 0 heterocycles. The third-order valence-electron chi connectivity index (χ3n) is 1.80. The predicted molar refractivity (Wildman–Crippen MR) is 42.3 cm³/mol. The van der Waals surface area contributed by atoms with Crippen LogP contribution in [-0.2, 0) is 0 Å². The lowest BCUT2D eigenvalue weighted by Gasteiger charge is -2.36. The van der Waals surface area contributed by atoms with Gasteiger partial charge in [0, 0.05) is 0 Å². The monoisotopic (exact) mass is 146 g/mol. The third kappa shape index (κ3) is 2.25. The summed E-state index contributed by atoms with van der Waals surface area (Å²) in [6, 6.07) is 0. The minimum atomic E-state index is -0.997. The molecule has 62 valence electrons. The van der Waals surface area contributed by atoms with E-state index in [4.69, 9.17) is 11.5 Å². The van der Waals surface area contributed by atoms with Gasteiger partial charge in [-0.15, -0.1) is 0 Å². The van der Waals surface area contributed by atoms with Gasteiger partial charge in [0.05, 0.1) is 11.3 Å². The van der Waals surface area contributed by atoms with Crippen LogP contribution in [0, 0.1) is 0 Å². The molecule has 0 atom stereocenters. The molecule has 0 aromatic carbocycles. The molecule has 0 saturated carbocycles. The summed E-state index contributed by atoms with van der Waals surface area (Å²) in [6.45, 7) is 5.24. The lowest BCUT2D eigenvalue weighted by molar-refractivity contribution is -0.00447. The second-order valence-corrected chi connectivity index (χ2v) is 3.35. The summed E-state index contributed by atoms with van der Waals surface area (Å²) in [7, 11) is 0. The fraction of sp³-hybridized carbons (Fsp3) is 1.00. The Morgan fingerprint density at radius 2 is 1.70 bits per heavy atom. The van der Waals surface area contributed by atoms with Crippen molar-refractivity contribution in [3.05, 3.63) is 0 Å². The molecule has 0 rings (SSSR count). The molecule has 0 fully saturated rings. The van der Waals surface area contributed by atoms with Gasteiger partial charge in [0.2, 0.25) is 0 Å². The van der Waals surface area contributed by atoms with Gasteiger partial charge in [-0.1, -0.05) is 13.3 Å². The molecule has 0 aliphatic heterocycles. The first-order valence-electron chi connectivity index (χ1n) is 3.61. The summed E-state index contributed by atoms with van der Waals surface area (Å²) in [5, 5.41) is 9.43. The molecule has 5 N–H and O–H groups in total. The van der Waals surface area contributed by atoms with Crippen molar-refractivity contribution >= 4 is 0 Å². The zero-order valence-corrected chi connectivity index (χ0v) is 7.02. The molecule has 0 spiro atoms. The van der Waals surface area contributed by atoms with Gasteiger partial charge in [0.1, 0.15) is 0 Å². The Balaban J connectivity index is 4.10. The van der Waals surface area contributed by atoms with Gasteiger partial charge in [0.15, 0.2) is 0 Å². The fourth-order valence-electron chi connectivity index (χ4n) is 0.720. The molecule has 0 saturated heterocycles. The van der Waals surface area contributed by atoms with E-state index in [1.165, 1.54) is 0 Å². The SMILES string of the molecule is CCCC(N)(N)C(C)(C)O. The van der Waals surface area contributed by atoms with Gasteiger partial charge in [-0.2, -0.15) is 0 Å². The number of nitrogens with two attached hydrogens (primary N) is 2. The largest absolute Gasteiger partial charge is 0.387 e. The minimum Gasteiger partial charge on any atom is -0.387 e. The summed E-state index contributed by atoms with van der Waals surface area (Å²) in [5.41, 5.74) is 9.31. The van der Waals surface area contributed by atoms with E-state index in [0.29, 0.717) is 6.42 Å². The average molecular weight is 146 g/mol. The first-order chi connectivity index (χ1) is 4.31. The maximum absolute atomic E-state index is 9.43. The van der Waals surface area contributed by atoms with Crippen LogP contribution >= 0.6 is 0 Å². The molecule has 10 heavy (non-hydrogen) atoms. The van der Waals surface area contributed by atoms with E-state index in [9.17, 15) is 5.11 Å². The van der Waals surface area contributed by atoms with Crippen molar-refractivity contribution in [1.82, 2.24) is 0 Å². The highest BCUT2D eigenvalue weighted by atomic mass is 16.3. The quantitative estimate of drug-likeness (QED) is 0.497.